The summed E-state index contributed by atoms with van der Waals surface area (Å²) in [5.74, 6) is -0.00295. The molecule has 2 aromatic rings. The minimum Gasteiger partial charge on any atom is -0.497 e. The number of rotatable bonds is 6. The number of aliphatic hydroxyl groups is 1. The Morgan fingerprint density at radius 2 is 2.00 bits per heavy atom. The van der Waals surface area contributed by atoms with Gasteiger partial charge in [-0.15, -0.1) is 0 Å². The van der Waals surface area contributed by atoms with Crippen molar-refractivity contribution in [3.05, 3.63) is 71.6 Å². The van der Waals surface area contributed by atoms with E-state index in [9.17, 15) is 14.3 Å². The van der Waals surface area contributed by atoms with Gasteiger partial charge in [0.1, 0.15) is 17.2 Å². The highest BCUT2D eigenvalue weighted by molar-refractivity contribution is 5.91. The minimum atomic E-state index is -1.28. The zero-order valence-electron chi connectivity index (χ0n) is 13.6. The molecule has 0 aliphatic heterocycles. The average Bonchev–Trinajstić information content (AvgIpc) is 2.59. The van der Waals surface area contributed by atoms with E-state index in [0.29, 0.717) is 11.3 Å². The van der Waals surface area contributed by atoms with Crippen LogP contribution in [0.1, 0.15) is 18.1 Å². The van der Waals surface area contributed by atoms with Crippen molar-refractivity contribution in [2.45, 2.75) is 12.5 Å². The Morgan fingerprint density at radius 3 is 2.67 bits per heavy atom. The van der Waals surface area contributed by atoms with Gasteiger partial charge < -0.3 is 15.2 Å². The fourth-order valence-corrected chi connectivity index (χ4v) is 2.15. The molecule has 0 saturated heterocycles. The average molecular weight is 329 g/mol. The summed E-state index contributed by atoms with van der Waals surface area (Å²) < 4.78 is 18.1. The van der Waals surface area contributed by atoms with Gasteiger partial charge in [0, 0.05) is 6.08 Å². The Kier molecular flexibility index (Phi) is 5.71. The molecule has 0 heterocycles. The molecule has 2 aromatic carbocycles. The molecule has 0 spiro atoms. The third-order valence-electron chi connectivity index (χ3n) is 3.59. The summed E-state index contributed by atoms with van der Waals surface area (Å²) in [7, 11) is 1.58. The molecule has 0 aliphatic rings. The van der Waals surface area contributed by atoms with Gasteiger partial charge in [0.05, 0.1) is 13.7 Å². The molecule has 24 heavy (non-hydrogen) atoms. The molecule has 0 aromatic heterocycles. The van der Waals surface area contributed by atoms with Crippen molar-refractivity contribution < 1.29 is 19.0 Å². The third-order valence-corrected chi connectivity index (χ3v) is 3.59. The molecule has 5 heteroatoms. The SMILES string of the molecule is COc1cccc(/C=C/C(=O)NCC(C)(O)c2ccc(F)cc2)c1. The van der Waals surface area contributed by atoms with Crippen LogP contribution in [-0.4, -0.2) is 24.7 Å². The quantitative estimate of drug-likeness (QED) is 0.801. The molecular weight excluding hydrogens is 309 g/mol. The lowest BCUT2D eigenvalue weighted by molar-refractivity contribution is -0.117. The molecule has 0 radical (unpaired) electrons. The van der Waals surface area contributed by atoms with E-state index >= 15 is 0 Å². The highest BCUT2D eigenvalue weighted by Crippen LogP contribution is 2.20. The van der Waals surface area contributed by atoms with Gasteiger partial charge in [-0.05, 0) is 48.4 Å². The van der Waals surface area contributed by atoms with Gasteiger partial charge in [-0.2, -0.15) is 0 Å². The van der Waals surface area contributed by atoms with Gasteiger partial charge in [-0.25, -0.2) is 4.39 Å². The van der Waals surface area contributed by atoms with E-state index in [0.717, 1.165) is 5.56 Å². The van der Waals surface area contributed by atoms with E-state index in [1.54, 1.807) is 26.2 Å². The van der Waals surface area contributed by atoms with Crippen LogP contribution in [-0.2, 0) is 10.4 Å². The second kappa shape index (κ2) is 7.75. The van der Waals surface area contributed by atoms with E-state index < -0.39 is 5.60 Å². The van der Waals surface area contributed by atoms with Crippen LogP contribution in [0, 0.1) is 5.82 Å². The number of methoxy groups -OCH3 is 1. The number of hydrogen-bond donors (Lipinski definition) is 2. The molecule has 0 aliphatic carbocycles. The first-order valence-corrected chi connectivity index (χ1v) is 7.49. The highest BCUT2D eigenvalue weighted by atomic mass is 19.1. The number of benzene rings is 2. The van der Waals surface area contributed by atoms with Gasteiger partial charge >= 0.3 is 0 Å². The number of carbonyl (C=O) groups is 1. The maximum atomic E-state index is 12.9. The van der Waals surface area contributed by atoms with Gasteiger partial charge in [-0.1, -0.05) is 24.3 Å². The molecule has 1 unspecified atom stereocenters. The lowest BCUT2D eigenvalue weighted by atomic mass is 9.96. The predicted molar refractivity (Wildman–Crippen MR) is 91.0 cm³/mol. The van der Waals surface area contributed by atoms with E-state index in [1.807, 2.05) is 18.2 Å². The number of ether oxygens (including phenoxy) is 1. The van der Waals surface area contributed by atoms with Crippen molar-refractivity contribution >= 4 is 12.0 Å². The number of nitrogens with one attached hydrogen (secondary N) is 1. The van der Waals surface area contributed by atoms with Crippen molar-refractivity contribution in [1.29, 1.82) is 0 Å². The highest BCUT2D eigenvalue weighted by Gasteiger charge is 2.23. The van der Waals surface area contributed by atoms with Crippen LogP contribution in [0.2, 0.25) is 0 Å². The smallest absolute Gasteiger partial charge is 0.244 e. The van der Waals surface area contributed by atoms with Crippen LogP contribution in [0.3, 0.4) is 0 Å². The molecule has 4 nitrogen and oxygen atoms in total. The predicted octanol–water partition coefficient (Wildman–Crippen LogP) is 2.87. The Labute approximate surface area is 140 Å². The van der Waals surface area contributed by atoms with Crippen molar-refractivity contribution in [3.63, 3.8) is 0 Å². The Bertz CT molecular complexity index is 724. The lowest BCUT2D eigenvalue weighted by Gasteiger charge is -2.23. The molecule has 1 amide bonds. The Hall–Kier alpha value is -2.66. The molecule has 0 saturated carbocycles. The van der Waals surface area contributed by atoms with E-state index in [2.05, 4.69) is 5.32 Å². The second-order valence-electron chi connectivity index (χ2n) is 5.61. The molecule has 1 atom stereocenters. The summed E-state index contributed by atoms with van der Waals surface area (Å²) in [6.07, 6.45) is 3.04. The first-order valence-electron chi connectivity index (χ1n) is 7.49. The number of hydrogen-bond acceptors (Lipinski definition) is 3. The Balaban J connectivity index is 1.94. The maximum absolute atomic E-state index is 12.9. The van der Waals surface area contributed by atoms with Gasteiger partial charge in [-0.3, -0.25) is 4.79 Å². The van der Waals surface area contributed by atoms with Gasteiger partial charge in [0.15, 0.2) is 0 Å². The summed E-state index contributed by atoms with van der Waals surface area (Å²) in [5, 5.41) is 13.0. The fraction of sp³-hybridized carbons (Fsp3) is 0.211. The third kappa shape index (κ3) is 4.93. The summed E-state index contributed by atoms with van der Waals surface area (Å²) in [6.45, 7) is 1.58. The van der Waals surface area contributed by atoms with E-state index in [-0.39, 0.29) is 18.3 Å². The molecule has 126 valence electrons. The van der Waals surface area contributed by atoms with E-state index in [1.165, 1.54) is 30.3 Å². The van der Waals surface area contributed by atoms with Crippen molar-refractivity contribution in [2.75, 3.05) is 13.7 Å². The monoisotopic (exact) mass is 329 g/mol. The molecular formula is C19H20FNO3. The largest absolute Gasteiger partial charge is 0.497 e. The minimum absolute atomic E-state index is 0.0138. The molecule has 0 bridgehead atoms. The second-order valence-corrected chi connectivity index (χ2v) is 5.61. The van der Waals surface area contributed by atoms with Crippen LogP contribution >= 0.6 is 0 Å². The van der Waals surface area contributed by atoms with Crippen LogP contribution in [0.5, 0.6) is 5.75 Å². The van der Waals surface area contributed by atoms with E-state index in [4.69, 9.17) is 4.74 Å². The summed E-state index contributed by atoms with van der Waals surface area (Å²) in [5.41, 5.74) is 0.0726. The number of amides is 1. The summed E-state index contributed by atoms with van der Waals surface area (Å²) >= 11 is 0. The maximum Gasteiger partial charge on any atom is 0.244 e. The topological polar surface area (TPSA) is 58.6 Å². The number of halogens is 1. The van der Waals surface area contributed by atoms with Crippen LogP contribution < -0.4 is 10.1 Å². The molecule has 0 fully saturated rings. The van der Waals surface area contributed by atoms with Crippen molar-refractivity contribution in [2.24, 2.45) is 0 Å². The van der Waals surface area contributed by atoms with Crippen LogP contribution in [0.4, 0.5) is 4.39 Å². The fourth-order valence-electron chi connectivity index (χ4n) is 2.15. The first-order chi connectivity index (χ1) is 11.4. The van der Waals surface area contributed by atoms with Gasteiger partial charge in [0.2, 0.25) is 5.91 Å². The summed E-state index contributed by atoms with van der Waals surface area (Å²) in [6, 6.07) is 12.8. The van der Waals surface area contributed by atoms with Crippen LogP contribution in [0.15, 0.2) is 54.6 Å². The first kappa shape index (κ1) is 17.7. The molecule has 2 N–H and O–H groups in total. The summed E-state index contributed by atoms with van der Waals surface area (Å²) in [4.78, 5) is 11.9. The zero-order valence-corrected chi connectivity index (χ0v) is 13.6. The standard InChI is InChI=1S/C19H20FNO3/c1-19(23,15-7-9-16(20)10-8-15)13-21-18(22)11-6-14-4-3-5-17(12-14)24-2/h3-12,23H,13H2,1-2H3,(H,21,22)/b11-6+. The van der Waals surface area contributed by atoms with Gasteiger partial charge in [0.25, 0.3) is 0 Å². The normalized spacial score (nSPS) is 13.5. The number of carbonyl (C=O) groups excluding carboxylic acids is 1. The van der Waals surface area contributed by atoms with Crippen molar-refractivity contribution in [3.8, 4) is 5.75 Å². The van der Waals surface area contributed by atoms with Crippen molar-refractivity contribution in [1.82, 2.24) is 5.32 Å². The molecule has 2 rings (SSSR count). The lowest BCUT2D eigenvalue weighted by Crippen LogP contribution is -2.37. The van der Waals surface area contributed by atoms with Crippen LogP contribution in [0.25, 0.3) is 6.08 Å². The Morgan fingerprint density at radius 1 is 1.29 bits per heavy atom. The zero-order chi connectivity index (χ0) is 17.6.